The van der Waals surface area contributed by atoms with Crippen molar-refractivity contribution in [3.63, 3.8) is 0 Å². The molecule has 0 saturated carbocycles. The minimum Gasteiger partial charge on any atom is -0.393 e. The van der Waals surface area contributed by atoms with Crippen LogP contribution in [0.3, 0.4) is 0 Å². The van der Waals surface area contributed by atoms with Crippen LogP contribution >= 0.6 is 0 Å². The van der Waals surface area contributed by atoms with Crippen LogP contribution in [0.15, 0.2) is 18.5 Å². The van der Waals surface area contributed by atoms with E-state index in [1.54, 1.807) is 19.3 Å². The number of nitrogens with zero attached hydrogens (tertiary/aromatic N) is 2. The fourth-order valence-electron chi connectivity index (χ4n) is 1.41. The zero-order valence-electron chi connectivity index (χ0n) is 9.22. The predicted octanol–water partition coefficient (Wildman–Crippen LogP) is 0.781. The molecular formula is C11H18N2O2. The van der Waals surface area contributed by atoms with Gasteiger partial charge in [-0.3, -0.25) is 4.98 Å². The van der Waals surface area contributed by atoms with Crippen LogP contribution < -0.4 is 4.90 Å². The van der Waals surface area contributed by atoms with Gasteiger partial charge in [0.05, 0.1) is 12.7 Å². The Morgan fingerprint density at radius 2 is 2.27 bits per heavy atom. The maximum absolute atomic E-state index is 9.19. The lowest BCUT2D eigenvalue weighted by Crippen LogP contribution is -2.23. The molecule has 0 bridgehead atoms. The Morgan fingerprint density at radius 1 is 1.53 bits per heavy atom. The molecule has 0 aliphatic carbocycles. The minimum absolute atomic E-state index is 0.0117. The van der Waals surface area contributed by atoms with Crippen LogP contribution in [-0.4, -0.2) is 34.9 Å². The van der Waals surface area contributed by atoms with Crippen molar-refractivity contribution in [3.8, 4) is 0 Å². The van der Waals surface area contributed by atoms with Crippen LogP contribution in [0.25, 0.3) is 0 Å². The highest BCUT2D eigenvalue weighted by molar-refractivity contribution is 5.51. The Hall–Kier alpha value is -1.13. The molecule has 1 aromatic heterocycles. The quantitative estimate of drug-likeness (QED) is 0.754. The lowest BCUT2D eigenvalue weighted by atomic mass is 10.2. The molecule has 0 aliphatic heterocycles. The van der Waals surface area contributed by atoms with Gasteiger partial charge in [-0.15, -0.1) is 0 Å². The zero-order valence-corrected chi connectivity index (χ0v) is 9.22. The molecule has 1 unspecified atom stereocenters. The van der Waals surface area contributed by atoms with Gasteiger partial charge in [0.1, 0.15) is 0 Å². The molecule has 0 fully saturated rings. The summed E-state index contributed by atoms with van der Waals surface area (Å²) in [6, 6.07) is 1.87. The molecule has 0 amide bonds. The van der Waals surface area contributed by atoms with E-state index >= 15 is 0 Å². The van der Waals surface area contributed by atoms with Crippen molar-refractivity contribution in [2.24, 2.45) is 0 Å². The first-order valence-corrected chi connectivity index (χ1v) is 5.08. The molecule has 0 spiro atoms. The highest BCUT2D eigenvalue weighted by Crippen LogP contribution is 2.18. The van der Waals surface area contributed by atoms with E-state index in [1.165, 1.54) is 0 Å². The van der Waals surface area contributed by atoms with Crippen molar-refractivity contribution in [2.75, 3.05) is 18.5 Å². The summed E-state index contributed by atoms with van der Waals surface area (Å²) in [7, 11) is 1.94. The number of hydrogen-bond donors (Lipinski definition) is 2. The number of aliphatic hydroxyl groups is 2. The van der Waals surface area contributed by atoms with Crippen molar-refractivity contribution in [1.29, 1.82) is 0 Å². The summed E-state index contributed by atoms with van der Waals surface area (Å²) in [5.41, 5.74) is 1.78. The number of pyridine rings is 1. The Balaban J connectivity index is 2.68. The van der Waals surface area contributed by atoms with Gasteiger partial charge in [-0.25, -0.2) is 0 Å². The molecule has 0 saturated heterocycles. The average Bonchev–Trinajstić information content (AvgIpc) is 2.25. The largest absolute Gasteiger partial charge is 0.393 e. The van der Waals surface area contributed by atoms with Gasteiger partial charge in [-0.05, 0) is 19.4 Å². The van der Waals surface area contributed by atoms with E-state index in [9.17, 15) is 5.11 Å². The average molecular weight is 210 g/mol. The van der Waals surface area contributed by atoms with Crippen molar-refractivity contribution in [2.45, 2.75) is 26.1 Å². The van der Waals surface area contributed by atoms with Crippen LogP contribution in [0, 0.1) is 0 Å². The van der Waals surface area contributed by atoms with E-state index in [4.69, 9.17) is 5.11 Å². The Bertz CT molecular complexity index is 302. The van der Waals surface area contributed by atoms with Crippen molar-refractivity contribution in [1.82, 2.24) is 4.98 Å². The molecule has 0 aromatic carbocycles. The molecule has 2 N–H and O–H groups in total. The van der Waals surface area contributed by atoms with Crippen molar-refractivity contribution < 1.29 is 10.2 Å². The van der Waals surface area contributed by atoms with E-state index in [0.29, 0.717) is 6.42 Å². The lowest BCUT2D eigenvalue weighted by Gasteiger charge is -2.22. The van der Waals surface area contributed by atoms with E-state index in [1.807, 2.05) is 18.0 Å². The molecule has 4 heteroatoms. The second kappa shape index (κ2) is 5.68. The van der Waals surface area contributed by atoms with Crippen LogP contribution in [0.1, 0.15) is 18.9 Å². The van der Waals surface area contributed by atoms with E-state index in [0.717, 1.165) is 17.8 Å². The lowest BCUT2D eigenvalue weighted by molar-refractivity contribution is 0.187. The van der Waals surface area contributed by atoms with Gasteiger partial charge < -0.3 is 15.1 Å². The third-order valence-corrected chi connectivity index (χ3v) is 2.34. The molecule has 84 valence electrons. The molecule has 0 aliphatic rings. The summed E-state index contributed by atoms with van der Waals surface area (Å²) in [5.74, 6) is 0. The monoisotopic (exact) mass is 210 g/mol. The molecule has 1 aromatic rings. The van der Waals surface area contributed by atoms with Gasteiger partial charge >= 0.3 is 0 Å². The first kappa shape index (κ1) is 11.9. The summed E-state index contributed by atoms with van der Waals surface area (Å²) >= 11 is 0. The number of hydrogen-bond acceptors (Lipinski definition) is 4. The summed E-state index contributed by atoms with van der Waals surface area (Å²) in [6.07, 6.45) is 3.78. The van der Waals surface area contributed by atoms with E-state index in [2.05, 4.69) is 4.98 Å². The van der Waals surface area contributed by atoms with Crippen LogP contribution in [0.4, 0.5) is 5.69 Å². The zero-order chi connectivity index (χ0) is 11.3. The van der Waals surface area contributed by atoms with Gasteiger partial charge in [-0.1, -0.05) is 0 Å². The molecule has 0 radical (unpaired) electrons. The fraction of sp³-hybridized carbons (Fsp3) is 0.545. The number of rotatable bonds is 5. The summed E-state index contributed by atoms with van der Waals surface area (Å²) in [4.78, 5) is 5.97. The molecule has 1 heterocycles. The summed E-state index contributed by atoms with van der Waals surface area (Å²) in [6.45, 7) is 2.52. The maximum Gasteiger partial charge on any atom is 0.0717 e. The SMILES string of the molecule is CC(O)CCN(C)c1ccncc1CO. The molecule has 4 nitrogen and oxygen atoms in total. The summed E-state index contributed by atoms with van der Waals surface area (Å²) in [5, 5.41) is 18.3. The highest BCUT2D eigenvalue weighted by Gasteiger charge is 2.07. The van der Waals surface area contributed by atoms with E-state index < -0.39 is 0 Å². The van der Waals surface area contributed by atoms with Crippen LogP contribution in [-0.2, 0) is 6.61 Å². The van der Waals surface area contributed by atoms with Gasteiger partial charge in [-0.2, -0.15) is 0 Å². The standard InChI is InChI=1S/C11H18N2O2/c1-9(15)4-6-13(2)11-3-5-12-7-10(11)8-14/h3,5,7,9,14-15H,4,6,8H2,1-2H3. The number of aromatic nitrogens is 1. The second-order valence-corrected chi connectivity index (χ2v) is 3.72. The van der Waals surface area contributed by atoms with Gasteiger partial charge in [0.25, 0.3) is 0 Å². The molecule has 15 heavy (non-hydrogen) atoms. The topological polar surface area (TPSA) is 56.6 Å². The Morgan fingerprint density at radius 3 is 2.87 bits per heavy atom. The summed E-state index contributed by atoms with van der Waals surface area (Å²) < 4.78 is 0. The first-order valence-electron chi connectivity index (χ1n) is 5.08. The minimum atomic E-state index is -0.299. The smallest absolute Gasteiger partial charge is 0.0717 e. The molecule has 1 rings (SSSR count). The number of aliphatic hydroxyl groups excluding tert-OH is 2. The second-order valence-electron chi connectivity index (χ2n) is 3.72. The normalized spacial score (nSPS) is 12.5. The van der Waals surface area contributed by atoms with Crippen molar-refractivity contribution >= 4 is 5.69 Å². The molecular weight excluding hydrogens is 192 g/mol. The Labute approximate surface area is 90.2 Å². The highest BCUT2D eigenvalue weighted by atomic mass is 16.3. The maximum atomic E-state index is 9.19. The molecule has 1 atom stereocenters. The third-order valence-electron chi connectivity index (χ3n) is 2.34. The van der Waals surface area contributed by atoms with Crippen LogP contribution in [0.5, 0.6) is 0 Å². The first-order chi connectivity index (χ1) is 7.15. The Kier molecular flexibility index (Phi) is 4.52. The van der Waals surface area contributed by atoms with Gasteiger partial charge in [0.15, 0.2) is 0 Å². The van der Waals surface area contributed by atoms with Gasteiger partial charge in [0, 0.05) is 37.2 Å². The van der Waals surface area contributed by atoms with Gasteiger partial charge in [0.2, 0.25) is 0 Å². The third kappa shape index (κ3) is 3.49. The predicted molar refractivity (Wildman–Crippen MR) is 59.7 cm³/mol. The van der Waals surface area contributed by atoms with Crippen molar-refractivity contribution in [3.05, 3.63) is 24.0 Å². The fourth-order valence-corrected chi connectivity index (χ4v) is 1.41. The van der Waals surface area contributed by atoms with Crippen LogP contribution in [0.2, 0.25) is 0 Å². The number of anilines is 1. The van der Waals surface area contributed by atoms with E-state index in [-0.39, 0.29) is 12.7 Å².